The van der Waals surface area contributed by atoms with Crippen LogP contribution in [0.15, 0.2) is 0 Å². The van der Waals surface area contributed by atoms with Gasteiger partial charge in [0.2, 0.25) is 0 Å². The molecule has 0 aliphatic rings. The molecule has 0 aromatic rings. The van der Waals surface area contributed by atoms with E-state index in [9.17, 15) is 0 Å². The maximum Gasteiger partial charge on any atom is 0.501 e. The monoisotopic (exact) mass is 481 g/mol. The Labute approximate surface area is 203 Å². The van der Waals surface area contributed by atoms with Gasteiger partial charge in [0.15, 0.2) is 0 Å². The van der Waals surface area contributed by atoms with Crippen LogP contribution in [0.3, 0.4) is 0 Å². The van der Waals surface area contributed by atoms with Crippen LogP contribution >= 0.6 is 0 Å². The zero-order chi connectivity index (χ0) is 22.6. The molecular formula is C25H56ClNO3Si. The predicted octanol–water partition coefficient (Wildman–Crippen LogP) is 4.21. The van der Waals surface area contributed by atoms with Crippen molar-refractivity contribution in [3.8, 4) is 0 Å². The molecule has 0 heterocycles. The maximum absolute atomic E-state index is 6.40. The maximum atomic E-state index is 6.40. The number of hydrogen-bond acceptors (Lipinski definition) is 3. The normalized spacial score (nSPS) is 12.2. The van der Waals surface area contributed by atoms with Crippen molar-refractivity contribution in [1.29, 1.82) is 0 Å². The molecule has 6 heteroatoms. The molecule has 0 aliphatic heterocycles. The summed E-state index contributed by atoms with van der Waals surface area (Å²) in [5.41, 5.74) is 0. The molecule has 0 spiro atoms. The molecule has 0 saturated heterocycles. The summed E-state index contributed by atoms with van der Waals surface area (Å²) in [6, 6.07) is 0.961. The first-order valence-corrected chi connectivity index (χ1v) is 15.1. The van der Waals surface area contributed by atoms with E-state index in [2.05, 4.69) is 41.8 Å². The average molecular weight is 482 g/mol. The highest BCUT2D eigenvalue weighted by atomic mass is 35.5. The van der Waals surface area contributed by atoms with Gasteiger partial charge in [0.05, 0.1) is 27.2 Å². The molecule has 0 aliphatic carbocycles. The Morgan fingerprint density at radius 1 is 0.516 bits per heavy atom. The fourth-order valence-corrected chi connectivity index (χ4v) is 6.25. The molecule has 4 nitrogen and oxygen atoms in total. The van der Waals surface area contributed by atoms with Gasteiger partial charge in [-0.3, -0.25) is 0 Å². The van der Waals surface area contributed by atoms with Crippen molar-refractivity contribution in [3.05, 3.63) is 0 Å². The zero-order valence-corrected chi connectivity index (χ0v) is 23.7. The van der Waals surface area contributed by atoms with Gasteiger partial charge in [0.1, 0.15) is 0 Å². The van der Waals surface area contributed by atoms with Gasteiger partial charge >= 0.3 is 8.80 Å². The number of halogens is 1. The van der Waals surface area contributed by atoms with Gasteiger partial charge < -0.3 is 30.2 Å². The van der Waals surface area contributed by atoms with Crippen LogP contribution in [0.25, 0.3) is 0 Å². The molecule has 0 atom stereocenters. The van der Waals surface area contributed by atoms with Crippen molar-refractivity contribution in [2.75, 3.05) is 47.0 Å². The predicted molar refractivity (Wildman–Crippen MR) is 133 cm³/mol. The van der Waals surface area contributed by atoms with Crippen LogP contribution in [0.1, 0.15) is 111 Å². The summed E-state index contributed by atoms with van der Waals surface area (Å²) in [5.74, 6) is 0. The van der Waals surface area contributed by atoms with Crippen molar-refractivity contribution in [1.82, 2.24) is 0 Å². The van der Waals surface area contributed by atoms with Crippen LogP contribution in [-0.2, 0) is 13.3 Å². The molecule has 0 aromatic heterocycles. The van der Waals surface area contributed by atoms with Crippen molar-refractivity contribution < 1.29 is 30.2 Å². The number of quaternary nitrogens is 1. The summed E-state index contributed by atoms with van der Waals surface area (Å²) in [6.07, 6.45) is 16.1. The largest absolute Gasteiger partial charge is 1.00 e. The van der Waals surface area contributed by atoms with E-state index in [0.29, 0.717) is 0 Å². The lowest BCUT2D eigenvalue weighted by molar-refractivity contribution is -0.890. The fraction of sp³-hybridized carbons (Fsp3) is 1.00. The average Bonchev–Trinajstić information content (AvgIpc) is 2.71. The zero-order valence-electron chi connectivity index (χ0n) is 22.0. The summed E-state index contributed by atoms with van der Waals surface area (Å²) in [6.45, 7) is 13.7. The van der Waals surface area contributed by atoms with Crippen LogP contribution in [-0.4, -0.2) is 60.3 Å². The summed E-state index contributed by atoms with van der Waals surface area (Å²) in [7, 11) is 2.19. The van der Waals surface area contributed by atoms with Crippen LogP contribution in [0, 0.1) is 0 Å². The highest BCUT2D eigenvalue weighted by Gasteiger charge is 2.41. The molecule has 190 valence electrons. The molecule has 0 aromatic carbocycles. The van der Waals surface area contributed by atoms with Gasteiger partial charge in [-0.2, -0.15) is 0 Å². The van der Waals surface area contributed by atoms with Crippen LogP contribution < -0.4 is 12.4 Å². The molecular weight excluding hydrogens is 426 g/mol. The Balaban J connectivity index is 0. The molecule has 0 bridgehead atoms. The topological polar surface area (TPSA) is 27.7 Å². The first-order chi connectivity index (χ1) is 14.4. The van der Waals surface area contributed by atoms with Crippen LogP contribution in [0.5, 0.6) is 0 Å². The van der Waals surface area contributed by atoms with E-state index in [-0.39, 0.29) is 12.4 Å². The lowest BCUT2D eigenvalue weighted by atomic mass is 10.1. The third-order valence-corrected chi connectivity index (χ3v) is 8.72. The first-order valence-electron chi connectivity index (χ1n) is 13.2. The Hall–Kier alpha value is 0.347. The van der Waals surface area contributed by atoms with Crippen molar-refractivity contribution in [3.63, 3.8) is 0 Å². The summed E-state index contributed by atoms with van der Waals surface area (Å²) in [5, 5.41) is 0. The molecule has 0 rings (SSSR count). The lowest BCUT2D eigenvalue weighted by Crippen LogP contribution is -3.00. The third kappa shape index (κ3) is 19.5. The standard InChI is InChI=1S/C25H56NO3Si.ClH/c1-7-11-15-16-17-18-20-26(5,6)21-19-25-30(27-22-12-8-2,28-23-13-9-3)29-24-14-10-4;/h7-25H2,1-6H3;1H/q+1;/p-1. The van der Waals surface area contributed by atoms with Gasteiger partial charge in [-0.25, -0.2) is 0 Å². The van der Waals surface area contributed by atoms with Crippen molar-refractivity contribution in [2.24, 2.45) is 0 Å². The van der Waals surface area contributed by atoms with Gasteiger partial charge in [-0.05, 0) is 32.1 Å². The molecule has 0 amide bonds. The van der Waals surface area contributed by atoms with E-state index in [1.54, 1.807) is 0 Å². The number of rotatable bonds is 23. The van der Waals surface area contributed by atoms with E-state index < -0.39 is 8.80 Å². The van der Waals surface area contributed by atoms with Crippen molar-refractivity contribution >= 4 is 8.80 Å². The second-order valence-corrected chi connectivity index (χ2v) is 12.3. The number of unbranched alkanes of at least 4 members (excludes halogenated alkanes) is 8. The van der Waals surface area contributed by atoms with E-state index in [4.69, 9.17) is 13.3 Å². The smallest absolute Gasteiger partial charge is 0.501 e. The fourth-order valence-electron chi connectivity index (χ4n) is 3.61. The minimum Gasteiger partial charge on any atom is -1.00 e. The van der Waals surface area contributed by atoms with Gasteiger partial charge in [0.25, 0.3) is 0 Å². The van der Waals surface area contributed by atoms with Gasteiger partial charge in [-0.15, -0.1) is 0 Å². The second kappa shape index (κ2) is 22.2. The molecule has 0 radical (unpaired) electrons. The second-order valence-electron chi connectivity index (χ2n) is 9.54. The SMILES string of the molecule is CCCCCCCC[N+](C)(C)CCC[Si](OCCCC)(OCCCC)OCCCC.[Cl-]. The number of hydrogen-bond donors (Lipinski definition) is 0. The summed E-state index contributed by atoms with van der Waals surface area (Å²) >= 11 is 0. The summed E-state index contributed by atoms with van der Waals surface area (Å²) in [4.78, 5) is 0. The Morgan fingerprint density at radius 3 is 1.35 bits per heavy atom. The minimum atomic E-state index is -2.57. The Morgan fingerprint density at radius 2 is 0.903 bits per heavy atom. The number of nitrogens with zero attached hydrogens (tertiary/aromatic N) is 1. The Kier molecular flexibility index (Phi) is 24.0. The third-order valence-electron chi connectivity index (χ3n) is 5.82. The Bertz CT molecular complexity index is 346. The minimum absolute atomic E-state index is 0. The molecule has 0 N–H and O–H groups in total. The lowest BCUT2D eigenvalue weighted by Gasteiger charge is -2.33. The molecule has 31 heavy (non-hydrogen) atoms. The van der Waals surface area contributed by atoms with Crippen LogP contribution in [0.4, 0.5) is 0 Å². The van der Waals surface area contributed by atoms with E-state index >= 15 is 0 Å². The highest BCUT2D eigenvalue weighted by molar-refractivity contribution is 6.60. The summed E-state index contributed by atoms with van der Waals surface area (Å²) < 4.78 is 20.3. The first kappa shape index (κ1) is 33.5. The molecule has 0 unspecified atom stereocenters. The molecule has 0 saturated carbocycles. The van der Waals surface area contributed by atoms with Crippen molar-refractivity contribution in [2.45, 2.75) is 117 Å². The van der Waals surface area contributed by atoms with E-state index in [1.165, 1.54) is 51.6 Å². The highest BCUT2D eigenvalue weighted by Crippen LogP contribution is 2.21. The molecule has 0 fully saturated rings. The van der Waals surface area contributed by atoms with Gasteiger partial charge in [0, 0.05) is 32.3 Å². The van der Waals surface area contributed by atoms with Gasteiger partial charge in [-0.1, -0.05) is 72.6 Å². The quantitative estimate of drug-likeness (QED) is 0.124. The van der Waals surface area contributed by atoms with Crippen LogP contribution in [0.2, 0.25) is 6.04 Å². The van der Waals surface area contributed by atoms with E-state index in [1.807, 2.05) is 0 Å². The van der Waals surface area contributed by atoms with E-state index in [0.717, 1.165) is 75.3 Å².